The van der Waals surface area contributed by atoms with Crippen molar-refractivity contribution in [2.45, 2.75) is 39.9 Å². The number of rotatable bonds is 7. The van der Waals surface area contributed by atoms with Crippen molar-refractivity contribution in [2.75, 3.05) is 11.4 Å². The first kappa shape index (κ1) is 15.6. The molecule has 3 nitrogen and oxygen atoms in total. The normalized spacial score (nSPS) is 11.1. The van der Waals surface area contributed by atoms with Crippen molar-refractivity contribution in [2.24, 2.45) is 0 Å². The predicted octanol–water partition coefficient (Wildman–Crippen LogP) is 3.94. The molecule has 1 heterocycles. The van der Waals surface area contributed by atoms with Crippen LogP contribution < -0.4 is 10.2 Å². The largest absolute Gasteiger partial charge is 0.467 e. The molecular weight excluding hydrogens is 267 g/mol. The van der Waals surface area contributed by atoms with Gasteiger partial charge in [-0.05, 0) is 25.1 Å². The SMILES string of the molecule is CCN(Cc1occc1CNC(C)C)c1ccccc1F. The average molecular weight is 290 g/mol. The molecule has 0 radical (unpaired) electrons. The zero-order valence-corrected chi connectivity index (χ0v) is 12.9. The molecule has 0 fully saturated rings. The molecule has 0 saturated carbocycles. The van der Waals surface area contributed by atoms with Gasteiger partial charge in [0.15, 0.2) is 0 Å². The second-order valence-corrected chi connectivity index (χ2v) is 5.37. The van der Waals surface area contributed by atoms with Gasteiger partial charge in [0.2, 0.25) is 0 Å². The lowest BCUT2D eigenvalue weighted by Gasteiger charge is -2.23. The van der Waals surface area contributed by atoms with Crippen LogP contribution in [0.4, 0.5) is 10.1 Å². The van der Waals surface area contributed by atoms with Crippen LogP contribution >= 0.6 is 0 Å². The van der Waals surface area contributed by atoms with E-state index in [0.29, 0.717) is 18.3 Å². The molecule has 0 aliphatic rings. The highest BCUT2D eigenvalue weighted by atomic mass is 19.1. The van der Waals surface area contributed by atoms with Gasteiger partial charge < -0.3 is 14.6 Å². The molecule has 0 unspecified atom stereocenters. The molecule has 0 aliphatic carbocycles. The standard InChI is InChI=1S/C17H23FN2O/c1-4-20(16-8-6-5-7-15(16)18)12-17-14(9-10-21-17)11-19-13(2)3/h5-10,13,19H,4,11-12H2,1-3H3. The molecule has 0 amide bonds. The van der Waals surface area contributed by atoms with E-state index >= 15 is 0 Å². The molecule has 0 atom stereocenters. The molecule has 0 aliphatic heterocycles. The fraction of sp³-hybridized carbons (Fsp3) is 0.412. The molecule has 2 rings (SSSR count). The summed E-state index contributed by atoms with van der Waals surface area (Å²) in [7, 11) is 0. The lowest BCUT2D eigenvalue weighted by molar-refractivity contribution is 0.490. The number of hydrogen-bond acceptors (Lipinski definition) is 3. The van der Waals surface area contributed by atoms with Crippen LogP contribution in [-0.2, 0) is 13.1 Å². The van der Waals surface area contributed by atoms with E-state index in [-0.39, 0.29) is 5.82 Å². The minimum atomic E-state index is -0.201. The summed E-state index contributed by atoms with van der Waals surface area (Å²) in [5.74, 6) is 0.681. The summed E-state index contributed by atoms with van der Waals surface area (Å²) in [4.78, 5) is 1.98. The minimum Gasteiger partial charge on any atom is -0.467 e. The zero-order chi connectivity index (χ0) is 15.2. The summed E-state index contributed by atoms with van der Waals surface area (Å²) in [5, 5.41) is 3.38. The van der Waals surface area contributed by atoms with Gasteiger partial charge in [-0.15, -0.1) is 0 Å². The third-order valence-electron chi connectivity index (χ3n) is 3.45. The van der Waals surface area contributed by atoms with Crippen LogP contribution in [0.2, 0.25) is 0 Å². The summed E-state index contributed by atoms with van der Waals surface area (Å²) in [6, 6.07) is 9.23. The Bertz CT molecular complexity index is 565. The first-order chi connectivity index (χ1) is 10.1. The van der Waals surface area contributed by atoms with Crippen LogP contribution in [0.15, 0.2) is 41.0 Å². The van der Waals surface area contributed by atoms with Crippen molar-refractivity contribution in [3.63, 3.8) is 0 Å². The van der Waals surface area contributed by atoms with Gasteiger partial charge in [0.25, 0.3) is 0 Å². The van der Waals surface area contributed by atoms with Gasteiger partial charge in [-0.1, -0.05) is 26.0 Å². The summed E-state index contributed by atoms with van der Waals surface area (Å²) in [5.41, 5.74) is 1.73. The number of anilines is 1. The maximum atomic E-state index is 13.9. The fourth-order valence-corrected chi connectivity index (χ4v) is 2.23. The third-order valence-corrected chi connectivity index (χ3v) is 3.45. The third kappa shape index (κ3) is 4.08. The highest BCUT2D eigenvalue weighted by Gasteiger charge is 2.14. The van der Waals surface area contributed by atoms with E-state index in [9.17, 15) is 4.39 Å². The summed E-state index contributed by atoms with van der Waals surface area (Å²) in [6.07, 6.45) is 1.70. The minimum absolute atomic E-state index is 0.201. The van der Waals surface area contributed by atoms with Crippen molar-refractivity contribution in [1.29, 1.82) is 0 Å². The van der Waals surface area contributed by atoms with Crippen molar-refractivity contribution >= 4 is 5.69 Å². The predicted molar refractivity (Wildman–Crippen MR) is 83.8 cm³/mol. The Labute approximate surface area is 125 Å². The Morgan fingerprint density at radius 2 is 2.00 bits per heavy atom. The molecule has 4 heteroatoms. The Morgan fingerprint density at radius 3 is 2.67 bits per heavy atom. The monoisotopic (exact) mass is 290 g/mol. The number of halogens is 1. The van der Waals surface area contributed by atoms with Crippen molar-refractivity contribution in [1.82, 2.24) is 5.32 Å². The lowest BCUT2D eigenvalue weighted by Crippen LogP contribution is -2.25. The van der Waals surface area contributed by atoms with Gasteiger partial charge in [0, 0.05) is 24.7 Å². The Morgan fingerprint density at radius 1 is 1.24 bits per heavy atom. The van der Waals surface area contributed by atoms with Gasteiger partial charge in [-0.2, -0.15) is 0 Å². The molecular formula is C17H23FN2O. The van der Waals surface area contributed by atoms with E-state index in [0.717, 1.165) is 24.4 Å². The zero-order valence-electron chi connectivity index (χ0n) is 12.9. The quantitative estimate of drug-likeness (QED) is 0.837. The second kappa shape index (κ2) is 7.27. The molecule has 1 N–H and O–H groups in total. The number of para-hydroxylation sites is 1. The van der Waals surface area contributed by atoms with E-state index in [1.165, 1.54) is 6.07 Å². The van der Waals surface area contributed by atoms with Crippen LogP contribution in [0, 0.1) is 5.82 Å². The van der Waals surface area contributed by atoms with E-state index < -0.39 is 0 Å². The smallest absolute Gasteiger partial charge is 0.146 e. The molecule has 0 saturated heterocycles. The fourth-order valence-electron chi connectivity index (χ4n) is 2.23. The molecule has 114 valence electrons. The van der Waals surface area contributed by atoms with Crippen LogP contribution in [0.1, 0.15) is 32.1 Å². The Hall–Kier alpha value is -1.81. The second-order valence-electron chi connectivity index (χ2n) is 5.37. The summed E-state index contributed by atoms with van der Waals surface area (Å²) >= 11 is 0. The number of nitrogens with one attached hydrogen (secondary N) is 1. The number of furan rings is 1. The number of nitrogens with zero attached hydrogens (tertiary/aromatic N) is 1. The van der Waals surface area contributed by atoms with Crippen molar-refractivity contribution in [3.05, 3.63) is 53.7 Å². The van der Waals surface area contributed by atoms with E-state index in [1.807, 2.05) is 24.0 Å². The molecule has 21 heavy (non-hydrogen) atoms. The Balaban J connectivity index is 2.13. The molecule has 0 spiro atoms. The van der Waals surface area contributed by atoms with Gasteiger partial charge in [-0.3, -0.25) is 0 Å². The molecule has 1 aromatic carbocycles. The van der Waals surface area contributed by atoms with Crippen LogP contribution in [0.25, 0.3) is 0 Å². The summed E-state index contributed by atoms with van der Waals surface area (Å²) < 4.78 is 19.5. The molecule has 2 aromatic rings. The number of hydrogen-bond donors (Lipinski definition) is 1. The van der Waals surface area contributed by atoms with Gasteiger partial charge in [-0.25, -0.2) is 4.39 Å². The maximum Gasteiger partial charge on any atom is 0.146 e. The van der Waals surface area contributed by atoms with Crippen molar-refractivity contribution in [3.8, 4) is 0 Å². The van der Waals surface area contributed by atoms with Crippen LogP contribution in [0.5, 0.6) is 0 Å². The summed E-state index contributed by atoms with van der Waals surface area (Å²) in [6.45, 7) is 8.28. The van der Waals surface area contributed by atoms with E-state index in [2.05, 4.69) is 19.2 Å². The van der Waals surface area contributed by atoms with Gasteiger partial charge in [0.1, 0.15) is 11.6 Å². The van der Waals surface area contributed by atoms with Gasteiger partial charge in [0.05, 0.1) is 18.5 Å². The molecule has 1 aromatic heterocycles. The molecule has 0 bridgehead atoms. The Kier molecular flexibility index (Phi) is 5.39. The average Bonchev–Trinajstić information content (AvgIpc) is 2.90. The van der Waals surface area contributed by atoms with Crippen LogP contribution in [0.3, 0.4) is 0 Å². The van der Waals surface area contributed by atoms with E-state index in [4.69, 9.17) is 4.42 Å². The number of benzene rings is 1. The first-order valence-electron chi connectivity index (χ1n) is 7.40. The topological polar surface area (TPSA) is 28.4 Å². The lowest BCUT2D eigenvalue weighted by atomic mass is 10.2. The maximum absolute atomic E-state index is 13.9. The van der Waals surface area contributed by atoms with Crippen LogP contribution in [-0.4, -0.2) is 12.6 Å². The van der Waals surface area contributed by atoms with Crippen molar-refractivity contribution < 1.29 is 8.81 Å². The first-order valence-corrected chi connectivity index (χ1v) is 7.40. The highest BCUT2D eigenvalue weighted by molar-refractivity contribution is 5.47. The van der Waals surface area contributed by atoms with Gasteiger partial charge >= 0.3 is 0 Å². The van der Waals surface area contributed by atoms with E-state index in [1.54, 1.807) is 18.4 Å². The highest BCUT2D eigenvalue weighted by Crippen LogP contribution is 2.22.